The van der Waals surface area contributed by atoms with Gasteiger partial charge in [-0.05, 0) is 6.58 Å². The molecule has 0 spiro atoms. The van der Waals surface area contributed by atoms with Crippen molar-refractivity contribution in [3.05, 3.63) is 12.3 Å². The standard InChI is InChI=1S/C3H5O6P.K/c1-2(3(4)5)9-10(6,7)8;/h1H2,(H,4,5)(H2,6,7,8);/i3+1;. The van der Waals surface area contributed by atoms with Crippen molar-refractivity contribution in [3.63, 3.8) is 0 Å². The third kappa shape index (κ3) is 8.70. The molecule has 0 aliphatic carbocycles. The van der Waals surface area contributed by atoms with E-state index in [1.807, 2.05) is 0 Å². The first-order valence-corrected chi connectivity index (χ1v) is 3.53. The summed E-state index contributed by atoms with van der Waals surface area (Å²) in [6, 6.07) is 0. The number of rotatable bonds is 3. The molecule has 0 unspecified atom stereocenters. The molecule has 0 aromatic carbocycles. The molecular formula is C3H5KO6P. The molecular weight excluding hydrogens is 203 g/mol. The van der Waals surface area contributed by atoms with E-state index in [1.54, 1.807) is 0 Å². The summed E-state index contributed by atoms with van der Waals surface area (Å²) in [4.78, 5) is 25.8. The van der Waals surface area contributed by atoms with Crippen LogP contribution in [0.4, 0.5) is 0 Å². The van der Waals surface area contributed by atoms with Crippen molar-refractivity contribution in [1.29, 1.82) is 0 Å². The molecule has 0 rings (SSSR count). The van der Waals surface area contributed by atoms with Crippen LogP contribution in [0.25, 0.3) is 0 Å². The molecule has 0 heterocycles. The van der Waals surface area contributed by atoms with Gasteiger partial charge in [0.25, 0.3) is 0 Å². The molecule has 0 saturated heterocycles. The van der Waals surface area contributed by atoms with Gasteiger partial charge in [0.1, 0.15) is 0 Å². The quantitative estimate of drug-likeness (QED) is 0.186. The van der Waals surface area contributed by atoms with Gasteiger partial charge in [0.05, 0.1) is 0 Å². The first-order valence-electron chi connectivity index (χ1n) is 2.00. The van der Waals surface area contributed by atoms with Crippen molar-refractivity contribution in [2.45, 2.75) is 0 Å². The van der Waals surface area contributed by atoms with E-state index in [1.165, 1.54) is 0 Å². The van der Waals surface area contributed by atoms with Gasteiger partial charge in [-0.25, -0.2) is 9.36 Å². The minimum Gasteiger partial charge on any atom is -0.475 e. The molecule has 0 aliphatic heterocycles. The monoisotopic (exact) mass is 208 g/mol. The molecule has 0 fully saturated rings. The van der Waals surface area contributed by atoms with Crippen molar-refractivity contribution in [3.8, 4) is 0 Å². The predicted octanol–water partition coefficient (Wildman–Crippen LogP) is -0.687. The van der Waals surface area contributed by atoms with Gasteiger partial charge in [0.2, 0.25) is 5.76 Å². The number of phosphoric acid groups is 1. The molecule has 3 N–H and O–H groups in total. The minimum atomic E-state index is -4.76. The molecule has 1 radical (unpaired) electrons. The van der Waals surface area contributed by atoms with Gasteiger partial charge in [0.15, 0.2) is 0 Å². The van der Waals surface area contributed by atoms with Gasteiger partial charge < -0.3 is 9.63 Å². The Bertz CT molecular complexity index is 206. The fourth-order valence-corrected chi connectivity index (χ4v) is 0.548. The van der Waals surface area contributed by atoms with Gasteiger partial charge >= 0.3 is 13.8 Å². The Morgan fingerprint density at radius 3 is 1.91 bits per heavy atom. The van der Waals surface area contributed by atoms with Crippen LogP contribution < -0.4 is 0 Å². The smallest absolute Gasteiger partial charge is 0.475 e. The summed E-state index contributed by atoms with van der Waals surface area (Å²) in [7, 11) is -4.76. The van der Waals surface area contributed by atoms with Crippen LogP contribution in [0.5, 0.6) is 0 Å². The summed E-state index contributed by atoms with van der Waals surface area (Å²) < 4.78 is 13.5. The van der Waals surface area contributed by atoms with E-state index in [-0.39, 0.29) is 51.4 Å². The Kier molecular flexibility index (Phi) is 7.09. The molecule has 6 nitrogen and oxygen atoms in total. The van der Waals surface area contributed by atoms with Crippen LogP contribution in [0.3, 0.4) is 0 Å². The van der Waals surface area contributed by atoms with Gasteiger partial charge in [-0.2, -0.15) is 0 Å². The molecule has 0 aliphatic rings. The third-order valence-corrected chi connectivity index (χ3v) is 0.926. The van der Waals surface area contributed by atoms with Crippen LogP contribution in [0.2, 0.25) is 0 Å². The third-order valence-electron chi connectivity index (χ3n) is 0.468. The summed E-state index contributed by atoms with van der Waals surface area (Å²) in [5.41, 5.74) is 0. The minimum absolute atomic E-state index is 0. The largest absolute Gasteiger partial charge is 0.525 e. The van der Waals surface area contributed by atoms with Gasteiger partial charge in [-0.1, -0.05) is 0 Å². The maximum Gasteiger partial charge on any atom is 0.525 e. The fourth-order valence-electron chi connectivity index (χ4n) is 0.183. The van der Waals surface area contributed by atoms with E-state index in [9.17, 15) is 9.36 Å². The maximum absolute atomic E-state index is 9.89. The van der Waals surface area contributed by atoms with E-state index in [2.05, 4.69) is 11.1 Å². The van der Waals surface area contributed by atoms with E-state index in [0.717, 1.165) is 0 Å². The zero-order valence-corrected chi connectivity index (χ0v) is 9.74. The summed E-state index contributed by atoms with van der Waals surface area (Å²) in [6.07, 6.45) is 0. The van der Waals surface area contributed by atoms with Crippen LogP contribution in [0, 0.1) is 0 Å². The molecule has 0 saturated carbocycles. The second-order valence-electron chi connectivity index (χ2n) is 1.31. The number of carboxylic acids is 1. The Morgan fingerprint density at radius 1 is 1.45 bits per heavy atom. The molecule has 0 atom stereocenters. The average molecular weight is 208 g/mol. The molecule has 0 amide bonds. The molecule has 8 heteroatoms. The second-order valence-corrected chi connectivity index (χ2v) is 2.47. The molecule has 0 aromatic rings. The van der Waals surface area contributed by atoms with Crippen LogP contribution in [0.15, 0.2) is 12.3 Å². The van der Waals surface area contributed by atoms with Crippen LogP contribution in [-0.2, 0) is 13.9 Å². The van der Waals surface area contributed by atoms with Gasteiger partial charge in [-0.3, -0.25) is 9.79 Å². The number of phosphoric ester groups is 1. The van der Waals surface area contributed by atoms with Crippen LogP contribution in [0.1, 0.15) is 0 Å². The Hall–Kier alpha value is 0.796. The first kappa shape index (κ1) is 14.3. The van der Waals surface area contributed by atoms with Crippen molar-refractivity contribution in [1.82, 2.24) is 0 Å². The zero-order valence-electron chi connectivity index (χ0n) is 5.72. The predicted molar refractivity (Wildman–Crippen MR) is 35.7 cm³/mol. The summed E-state index contributed by atoms with van der Waals surface area (Å²) in [5.74, 6) is -2.59. The number of hydrogen-bond acceptors (Lipinski definition) is 3. The van der Waals surface area contributed by atoms with Crippen molar-refractivity contribution in [2.75, 3.05) is 0 Å². The number of carbonyl (C=O) groups is 1. The first-order chi connectivity index (χ1) is 4.33. The van der Waals surface area contributed by atoms with Gasteiger partial charge in [-0.15, -0.1) is 0 Å². The molecule has 0 bridgehead atoms. The number of aliphatic carboxylic acids is 1. The summed E-state index contributed by atoms with van der Waals surface area (Å²) in [5, 5.41) is 7.98. The van der Waals surface area contributed by atoms with E-state index in [4.69, 9.17) is 14.9 Å². The van der Waals surface area contributed by atoms with E-state index in [0.29, 0.717) is 0 Å². The SMILES string of the molecule is C=C(OP(=O)(O)O)[13C](=O)O.[K]. The Balaban J connectivity index is 0. The van der Waals surface area contributed by atoms with Crippen molar-refractivity contribution >= 4 is 65.2 Å². The molecule has 0 aromatic heterocycles. The van der Waals surface area contributed by atoms with E-state index < -0.39 is 19.6 Å². The maximum atomic E-state index is 9.89. The summed E-state index contributed by atoms with van der Waals surface area (Å²) in [6.45, 7) is 2.73. The van der Waals surface area contributed by atoms with Gasteiger partial charge in [0, 0.05) is 51.4 Å². The Morgan fingerprint density at radius 2 is 1.82 bits per heavy atom. The fraction of sp³-hybridized carbons (Fsp3) is 0. The van der Waals surface area contributed by atoms with Crippen molar-refractivity contribution < 1.29 is 28.8 Å². The molecule has 59 valence electrons. The second kappa shape index (κ2) is 5.44. The topological polar surface area (TPSA) is 104 Å². The van der Waals surface area contributed by atoms with Crippen molar-refractivity contribution in [2.24, 2.45) is 0 Å². The normalized spacial score (nSPS) is 9.64. The van der Waals surface area contributed by atoms with E-state index >= 15 is 0 Å². The summed E-state index contributed by atoms with van der Waals surface area (Å²) >= 11 is 0. The average Bonchev–Trinajstić information content (AvgIpc) is 1.60. The molecule has 11 heavy (non-hydrogen) atoms. The Labute approximate surface area is 105 Å². The zero-order chi connectivity index (χ0) is 8.36. The number of carboxylic acid groups (broad SMARTS) is 1. The number of hydrogen-bond donors (Lipinski definition) is 3. The van der Waals surface area contributed by atoms with Crippen LogP contribution >= 0.6 is 7.82 Å². The van der Waals surface area contributed by atoms with Crippen LogP contribution in [-0.4, -0.2) is 72.2 Å².